The maximum Gasteiger partial charge on any atom is 0.406 e. The van der Waals surface area contributed by atoms with Crippen LogP contribution in [0.2, 0.25) is 0 Å². The molecule has 6 heteroatoms. The zero-order chi connectivity index (χ0) is 16.0. The van der Waals surface area contributed by atoms with Gasteiger partial charge in [0.1, 0.15) is 6.54 Å². The molecule has 2 rings (SSSR count). The van der Waals surface area contributed by atoms with E-state index in [1.165, 1.54) is 23.5 Å². The molecule has 2 aromatic rings. The van der Waals surface area contributed by atoms with E-state index >= 15 is 0 Å². The summed E-state index contributed by atoms with van der Waals surface area (Å²) in [6.07, 6.45) is -1.74. The number of carbonyl (C=O) groups is 1. The van der Waals surface area contributed by atoms with Crippen LogP contribution in [0.25, 0.3) is 6.08 Å². The Hall–Kier alpha value is -2.08. The van der Waals surface area contributed by atoms with Gasteiger partial charge in [-0.2, -0.15) is 24.5 Å². The number of amides is 1. The second-order valence-electron chi connectivity index (χ2n) is 4.69. The Morgan fingerprint density at radius 2 is 1.91 bits per heavy atom. The van der Waals surface area contributed by atoms with Gasteiger partial charge in [-0.1, -0.05) is 30.3 Å². The summed E-state index contributed by atoms with van der Waals surface area (Å²) in [6, 6.07) is 10.7. The number of benzene rings is 1. The molecule has 2 nitrogen and oxygen atoms in total. The van der Waals surface area contributed by atoms with Crippen LogP contribution in [0.4, 0.5) is 13.2 Å². The first kappa shape index (κ1) is 16.3. The lowest BCUT2D eigenvalue weighted by atomic mass is 10.2. The number of thiophene rings is 1. The van der Waals surface area contributed by atoms with Crippen LogP contribution in [-0.4, -0.2) is 23.5 Å². The van der Waals surface area contributed by atoms with Gasteiger partial charge in [-0.25, -0.2) is 0 Å². The lowest BCUT2D eigenvalue weighted by Crippen LogP contribution is -2.37. The van der Waals surface area contributed by atoms with Crippen LogP contribution in [0.3, 0.4) is 0 Å². The van der Waals surface area contributed by atoms with Crippen LogP contribution in [0.15, 0.2) is 53.2 Å². The highest BCUT2D eigenvalue weighted by molar-refractivity contribution is 7.07. The minimum absolute atomic E-state index is 0.0546. The van der Waals surface area contributed by atoms with E-state index in [9.17, 15) is 18.0 Å². The Morgan fingerprint density at radius 1 is 1.18 bits per heavy atom. The fraction of sp³-hybridized carbons (Fsp3) is 0.188. The van der Waals surface area contributed by atoms with Gasteiger partial charge in [-0.05, 0) is 34.0 Å². The second-order valence-corrected chi connectivity index (χ2v) is 5.47. The predicted molar refractivity (Wildman–Crippen MR) is 81.3 cm³/mol. The van der Waals surface area contributed by atoms with Crippen LogP contribution in [-0.2, 0) is 11.3 Å². The molecule has 1 aromatic carbocycles. The number of rotatable bonds is 5. The average molecular weight is 325 g/mol. The van der Waals surface area contributed by atoms with Crippen LogP contribution >= 0.6 is 11.3 Å². The van der Waals surface area contributed by atoms with E-state index in [4.69, 9.17) is 0 Å². The molecule has 0 radical (unpaired) electrons. The SMILES string of the molecule is O=C(C=Cc1ccccc1)N(Cc1ccsc1)CC(F)(F)F. The van der Waals surface area contributed by atoms with Crippen molar-refractivity contribution in [1.82, 2.24) is 4.90 Å². The maximum absolute atomic E-state index is 12.6. The monoisotopic (exact) mass is 325 g/mol. The number of halogens is 3. The van der Waals surface area contributed by atoms with Crippen molar-refractivity contribution in [2.75, 3.05) is 6.54 Å². The summed E-state index contributed by atoms with van der Waals surface area (Å²) in [5.74, 6) is -0.660. The normalized spacial score (nSPS) is 11.8. The molecule has 0 unspecified atom stereocenters. The smallest absolute Gasteiger partial charge is 0.326 e. The molecular weight excluding hydrogens is 311 g/mol. The molecule has 1 heterocycles. The number of hydrogen-bond acceptors (Lipinski definition) is 2. The largest absolute Gasteiger partial charge is 0.406 e. The molecule has 0 aliphatic heterocycles. The molecule has 0 N–H and O–H groups in total. The van der Waals surface area contributed by atoms with Crippen LogP contribution in [0.1, 0.15) is 11.1 Å². The molecule has 0 atom stereocenters. The molecule has 116 valence electrons. The van der Waals surface area contributed by atoms with Gasteiger partial charge in [0.25, 0.3) is 0 Å². The Balaban J connectivity index is 2.09. The van der Waals surface area contributed by atoms with Crippen molar-refractivity contribution in [1.29, 1.82) is 0 Å². The highest BCUT2D eigenvalue weighted by atomic mass is 32.1. The Bertz CT molecular complexity index is 621. The van der Waals surface area contributed by atoms with E-state index in [-0.39, 0.29) is 6.54 Å². The summed E-state index contributed by atoms with van der Waals surface area (Å²) in [7, 11) is 0. The summed E-state index contributed by atoms with van der Waals surface area (Å²) < 4.78 is 37.9. The fourth-order valence-electron chi connectivity index (χ4n) is 1.87. The molecule has 0 aliphatic rings. The molecule has 22 heavy (non-hydrogen) atoms. The molecule has 0 spiro atoms. The van der Waals surface area contributed by atoms with Crippen molar-refractivity contribution in [3.05, 3.63) is 64.4 Å². The minimum Gasteiger partial charge on any atom is -0.326 e. The molecule has 0 fully saturated rings. The van der Waals surface area contributed by atoms with E-state index in [1.54, 1.807) is 41.1 Å². The molecule has 0 bridgehead atoms. The first-order valence-electron chi connectivity index (χ1n) is 6.54. The standard InChI is InChI=1S/C16H14F3NOS/c17-16(18,19)12-20(10-14-8-9-22-11-14)15(21)7-6-13-4-2-1-3-5-13/h1-9,11H,10,12H2. The second kappa shape index (κ2) is 7.26. The Kier molecular flexibility index (Phi) is 5.38. The third-order valence-corrected chi connectivity index (χ3v) is 3.59. The van der Waals surface area contributed by atoms with E-state index in [2.05, 4.69) is 0 Å². The summed E-state index contributed by atoms with van der Waals surface area (Å²) in [6.45, 7) is -1.32. The van der Waals surface area contributed by atoms with Crippen molar-refractivity contribution in [3.8, 4) is 0 Å². The molecule has 0 saturated heterocycles. The highest BCUT2D eigenvalue weighted by Gasteiger charge is 2.32. The summed E-state index contributed by atoms with van der Waals surface area (Å²) in [4.78, 5) is 12.9. The van der Waals surface area contributed by atoms with Gasteiger partial charge in [0.15, 0.2) is 0 Å². The highest BCUT2D eigenvalue weighted by Crippen LogP contribution is 2.19. The van der Waals surface area contributed by atoms with Gasteiger partial charge in [0.2, 0.25) is 5.91 Å². The van der Waals surface area contributed by atoms with Crippen LogP contribution in [0, 0.1) is 0 Å². The fourth-order valence-corrected chi connectivity index (χ4v) is 2.53. The number of alkyl halides is 3. The molecule has 0 aliphatic carbocycles. The molecule has 0 saturated carbocycles. The Labute approximate surface area is 130 Å². The first-order chi connectivity index (χ1) is 10.4. The number of nitrogens with zero attached hydrogens (tertiary/aromatic N) is 1. The lowest BCUT2D eigenvalue weighted by molar-refractivity contribution is -0.159. The van der Waals surface area contributed by atoms with Crippen LogP contribution in [0.5, 0.6) is 0 Å². The van der Waals surface area contributed by atoms with E-state index in [1.807, 2.05) is 6.07 Å². The summed E-state index contributed by atoms with van der Waals surface area (Å²) >= 11 is 1.38. The van der Waals surface area contributed by atoms with Crippen molar-refractivity contribution in [2.45, 2.75) is 12.7 Å². The topological polar surface area (TPSA) is 20.3 Å². The molecular formula is C16H14F3NOS. The average Bonchev–Trinajstić information content (AvgIpc) is 2.97. The summed E-state index contributed by atoms with van der Waals surface area (Å²) in [5, 5.41) is 3.50. The first-order valence-corrected chi connectivity index (χ1v) is 7.48. The van der Waals surface area contributed by atoms with Crippen molar-refractivity contribution in [2.24, 2.45) is 0 Å². The van der Waals surface area contributed by atoms with E-state index in [0.29, 0.717) is 5.56 Å². The number of hydrogen-bond donors (Lipinski definition) is 0. The van der Waals surface area contributed by atoms with Gasteiger partial charge in [-0.3, -0.25) is 4.79 Å². The third kappa shape index (κ3) is 5.37. The van der Waals surface area contributed by atoms with Crippen molar-refractivity contribution in [3.63, 3.8) is 0 Å². The molecule has 1 amide bonds. The zero-order valence-corrected chi connectivity index (χ0v) is 12.4. The lowest BCUT2D eigenvalue weighted by Gasteiger charge is -2.22. The van der Waals surface area contributed by atoms with Crippen LogP contribution < -0.4 is 0 Å². The van der Waals surface area contributed by atoms with Gasteiger partial charge in [0, 0.05) is 12.6 Å². The third-order valence-electron chi connectivity index (χ3n) is 2.85. The van der Waals surface area contributed by atoms with Crippen molar-refractivity contribution < 1.29 is 18.0 Å². The van der Waals surface area contributed by atoms with Gasteiger partial charge in [-0.15, -0.1) is 0 Å². The van der Waals surface area contributed by atoms with Gasteiger partial charge >= 0.3 is 6.18 Å². The number of carbonyl (C=O) groups excluding carboxylic acids is 1. The van der Waals surface area contributed by atoms with Crippen molar-refractivity contribution >= 4 is 23.3 Å². The predicted octanol–water partition coefficient (Wildman–Crippen LogP) is 4.35. The zero-order valence-electron chi connectivity index (χ0n) is 11.6. The van der Waals surface area contributed by atoms with Gasteiger partial charge < -0.3 is 4.90 Å². The summed E-state index contributed by atoms with van der Waals surface area (Å²) in [5.41, 5.74) is 1.45. The van der Waals surface area contributed by atoms with E-state index < -0.39 is 18.6 Å². The van der Waals surface area contributed by atoms with Gasteiger partial charge in [0.05, 0.1) is 0 Å². The quantitative estimate of drug-likeness (QED) is 0.748. The minimum atomic E-state index is -4.42. The Morgan fingerprint density at radius 3 is 2.50 bits per heavy atom. The maximum atomic E-state index is 12.6. The molecule has 1 aromatic heterocycles. The van der Waals surface area contributed by atoms with E-state index in [0.717, 1.165) is 10.5 Å².